The molecule has 1 aliphatic rings. The molecule has 3 rings (SSSR count). The smallest absolute Gasteiger partial charge is 0.271 e. The Morgan fingerprint density at radius 1 is 1.07 bits per heavy atom. The molecule has 150 valence electrons. The monoisotopic (exact) mass is 410 g/mol. The molecule has 1 saturated heterocycles. The third-order valence-electron chi connectivity index (χ3n) is 4.59. The van der Waals surface area contributed by atoms with Crippen molar-refractivity contribution in [1.82, 2.24) is 10.7 Å². The molecule has 2 aromatic rings. The summed E-state index contributed by atoms with van der Waals surface area (Å²) in [4.78, 5) is 36.9. The number of anilines is 1. The number of thioether (sulfide) groups is 1. The number of aryl methyl sites for hydroxylation is 3. The SMILES string of the molecule is Cc1ccc(NC(=O)C2CC(=O)N/C(=N/NC(=O)c3ccccc3C)S2)cc1C. The first kappa shape index (κ1) is 20.6. The molecule has 1 unspecified atom stereocenters. The van der Waals surface area contributed by atoms with Gasteiger partial charge in [0.2, 0.25) is 11.8 Å². The minimum atomic E-state index is -0.639. The molecular weight excluding hydrogens is 388 g/mol. The van der Waals surface area contributed by atoms with E-state index in [0.29, 0.717) is 11.3 Å². The Balaban J connectivity index is 1.66. The van der Waals surface area contributed by atoms with Crippen LogP contribution in [0.3, 0.4) is 0 Å². The zero-order chi connectivity index (χ0) is 21.0. The number of carbonyl (C=O) groups excluding carboxylic acids is 3. The second kappa shape index (κ2) is 8.91. The van der Waals surface area contributed by atoms with Crippen molar-refractivity contribution in [2.75, 3.05) is 5.32 Å². The summed E-state index contributed by atoms with van der Waals surface area (Å²) in [5.41, 5.74) is 6.62. The number of amidine groups is 1. The molecule has 29 heavy (non-hydrogen) atoms. The second-order valence-electron chi connectivity index (χ2n) is 6.82. The lowest BCUT2D eigenvalue weighted by Crippen LogP contribution is -2.43. The van der Waals surface area contributed by atoms with Crippen molar-refractivity contribution in [3.05, 3.63) is 64.7 Å². The molecule has 1 fully saturated rings. The van der Waals surface area contributed by atoms with Crippen molar-refractivity contribution in [3.63, 3.8) is 0 Å². The van der Waals surface area contributed by atoms with Crippen LogP contribution in [0.5, 0.6) is 0 Å². The molecular formula is C21H22N4O3S. The third kappa shape index (κ3) is 5.23. The number of rotatable bonds is 4. The van der Waals surface area contributed by atoms with Crippen molar-refractivity contribution >= 4 is 40.3 Å². The van der Waals surface area contributed by atoms with Crippen LogP contribution in [0.15, 0.2) is 47.6 Å². The highest BCUT2D eigenvalue weighted by Gasteiger charge is 2.30. The molecule has 0 aromatic heterocycles. The maximum Gasteiger partial charge on any atom is 0.271 e. The fraction of sp³-hybridized carbons (Fsp3) is 0.238. The Morgan fingerprint density at radius 3 is 2.55 bits per heavy atom. The Hall–Kier alpha value is -3.13. The van der Waals surface area contributed by atoms with Crippen molar-refractivity contribution in [2.45, 2.75) is 32.4 Å². The molecule has 1 heterocycles. The first-order chi connectivity index (χ1) is 13.8. The molecule has 3 N–H and O–H groups in total. The summed E-state index contributed by atoms with van der Waals surface area (Å²) in [5.74, 6) is -0.994. The van der Waals surface area contributed by atoms with Gasteiger partial charge in [0.1, 0.15) is 5.25 Å². The molecule has 0 spiro atoms. The van der Waals surface area contributed by atoms with Gasteiger partial charge < -0.3 is 10.6 Å². The van der Waals surface area contributed by atoms with Gasteiger partial charge in [-0.15, -0.1) is 5.10 Å². The lowest BCUT2D eigenvalue weighted by molar-refractivity contribution is -0.123. The highest BCUT2D eigenvalue weighted by Crippen LogP contribution is 2.23. The van der Waals surface area contributed by atoms with E-state index in [-0.39, 0.29) is 29.3 Å². The van der Waals surface area contributed by atoms with Gasteiger partial charge in [0.25, 0.3) is 5.91 Å². The molecule has 1 atom stereocenters. The van der Waals surface area contributed by atoms with Crippen LogP contribution in [-0.2, 0) is 9.59 Å². The molecule has 0 saturated carbocycles. The first-order valence-corrected chi connectivity index (χ1v) is 9.99. The number of hydrogen-bond acceptors (Lipinski definition) is 5. The minimum absolute atomic E-state index is 0.0338. The second-order valence-corrected chi connectivity index (χ2v) is 8.01. The average Bonchev–Trinajstić information content (AvgIpc) is 2.69. The van der Waals surface area contributed by atoms with E-state index in [0.717, 1.165) is 28.5 Å². The highest BCUT2D eigenvalue weighted by molar-refractivity contribution is 8.15. The van der Waals surface area contributed by atoms with E-state index < -0.39 is 5.25 Å². The third-order valence-corrected chi connectivity index (χ3v) is 5.67. The van der Waals surface area contributed by atoms with Gasteiger partial charge in [-0.25, -0.2) is 5.43 Å². The first-order valence-electron chi connectivity index (χ1n) is 9.12. The predicted octanol–water partition coefficient (Wildman–Crippen LogP) is 2.87. The number of nitrogens with zero attached hydrogens (tertiary/aromatic N) is 1. The Bertz CT molecular complexity index is 1000. The van der Waals surface area contributed by atoms with Crippen molar-refractivity contribution in [3.8, 4) is 0 Å². The van der Waals surface area contributed by atoms with Crippen molar-refractivity contribution in [1.29, 1.82) is 0 Å². The quantitative estimate of drug-likeness (QED) is 0.675. The summed E-state index contributed by atoms with van der Waals surface area (Å²) in [6, 6.07) is 12.8. The lowest BCUT2D eigenvalue weighted by Gasteiger charge is -2.22. The number of hydrogen-bond donors (Lipinski definition) is 3. The number of benzene rings is 2. The van der Waals surface area contributed by atoms with Gasteiger partial charge in [0.05, 0.1) is 0 Å². The number of carbonyl (C=O) groups is 3. The van der Waals surface area contributed by atoms with Gasteiger partial charge in [-0.2, -0.15) is 0 Å². The Kier molecular flexibility index (Phi) is 6.33. The Morgan fingerprint density at radius 2 is 1.83 bits per heavy atom. The number of hydrazone groups is 1. The normalized spacial score (nSPS) is 17.6. The molecule has 8 heteroatoms. The van der Waals surface area contributed by atoms with Crippen LogP contribution in [0.25, 0.3) is 0 Å². The molecule has 3 amide bonds. The molecule has 1 aliphatic heterocycles. The van der Waals surface area contributed by atoms with E-state index in [1.165, 1.54) is 0 Å². The van der Waals surface area contributed by atoms with Crippen LogP contribution in [0.4, 0.5) is 5.69 Å². The van der Waals surface area contributed by atoms with Gasteiger partial charge in [-0.1, -0.05) is 36.0 Å². The number of amides is 3. The van der Waals surface area contributed by atoms with Gasteiger partial charge in [-0.05, 0) is 55.7 Å². The van der Waals surface area contributed by atoms with Crippen LogP contribution in [0, 0.1) is 20.8 Å². The van der Waals surface area contributed by atoms with Gasteiger partial charge >= 0.3 is 0 Å². The molecule has 0 radical (unpaired) electrons. The summed E-state index contributed by atoms with van der Waals surface area (Å²) in [7, 11) is 0. The van der Waals surface area contributed by atoms with E-state index in [4.69, 9.17) is 0 Å². The average molecular weight is 410 g/mol. The van der Waals surface area contributed by atoms with Crippen molar-refractivity contribution < 1.29 is 14.4 Å². The van der Waals surface area contributed by atoms with Crippen LogP contribution >= 0.6 is 11.8 Å². The Labute approximate surface area is 173 Å². The summed E-state index contributed by atoms with van der Waals surface area (Å²) in [5, 5.41) is 8.95. The van der Waals surface area contributed by atoms with Gasteiger partial charge in [0.15, 0.2) is 5.17 Å². The van der Waals surface area contributed by atoms with Crippen molar-refractivity contribution in [2.24, 2.45) is 5.10 Å². The van der Waals surface area contributed by atoms with E-state index in [1.807, 2.05) is 51.1 Å². The summed E-state index contributed by atoms with van der Waals surface area (Å²) in [6.45, 7) is 5.79. The van der Waals surface area contributed by atoms with Crippen LogP contribution in [-0.4, -0.2) is 28.1 Å². The van der Waals surface area contributed by atoms with E-state index in [9.17, 15) is 14.4 Å². The molecule has 7 nitrogen and oxygen atoms in total. The molecule has 2 aromatic carbocycles. The van der Waals surface area contributed by atoms with Gasteiger partial charge in [0, 0.05) is 17.7 Å². The van der Waals surface area contributed by atoms with Crippen LogP contribution in [0.2, 0.25) is 0 Å². The fourth-order valence-electron chi connectivity index (χ4n) is 2.78. The summed E-state index contributed by atoms with van der Waals surface area (Å²) < 4.78 is 0. The summed E-state index contributed by atoms with van der Waals surface area (Å²) in [6.07, 6.45) is 0.0338. The highest BCUT2D eigenvalue weighted by atomic mass is 32.2. The zero-order valence-corrected chi connectivity index (χ0v) is 17.2. The zero-order valence-electron chi connectivity index (χ0n) is 16.4. The van der Waals surface area contributed by atoms with E-state index in [1.54, 1.807) is 12.1 Å². The maximum absolute atomic E-state index is 12.6. The van der Waals surface area contributed by atoms with Crippen LogP contribution < -0.4 is 16.1 Å². The summed E-state index contributed by atoms with van der Waals surface area (Å²) >= 11 is 1.10. The van der Waals surface area contributed by atoms with Gasteiger partial charge in [-0.3, -0.25) is 14.4 Å². The largest absolute Gasteiger partial charge is 0.325 e. The maximum atomic E-state index is 12.6. The molecule has 0 bridgehead atoms. The lowest BCUT2D eigenvalue weighted by atomic mass is 10.1. The molecule has 0 aliphatic carbocycles. The fourth-order valence-corrected chi connectivity index (χ4v) is 3.72. The van der Waals surface area contributed by atoms with E-state index >= 15 is 0 Å². The minimum Gasteiger partial charge on any atom is -0.325 e. The predicted molar refractivity (Wildman–Crippen MR) is 115 cm³/mol. The van der Waals surface area contributed by atoms with Crippen LogP contribution in [0.1, 0.15) is 33.5 Å². The number of nitrogens with one attached hydrogen (secondary N) is 3. The topological polar surface area (TPSA) is 99.7 Å². The van der Waals surface area contributed by atoms with E-state index in [2.05, 4.69) is 21.2 Å². The standard InChI is InChI=1S/C21H22N4O3S/c1-12-8-9-15(10-14(12)3)22-20(28)17-11-18(26)23-21(29-17)25-24-19(27)16-7-5-4-6-13(16)2/h4-10,17H,11H2,1-3H3,(H,22,28)(H,24,27)(H,23,25,26).